The lowest BCUT2D eigenvalue weighted by molar-refractivity contribution is -0.137. The van der Waals surface area contributed by atoms with Gasteiger partial charge in [0.1, 0.15) is 11.5 Å². The fourth-order valence-electron chi connectivity index (χ4n) is 3.02. The van der Waals surface area contributed by atoms with Crippen LogP contribution in [-0.4, -0.2) is 33.5 Å². The summed E-state index contributed by atoms with van der Waals surface area (Å²) in [6.07, 6.45) is -4.88. The topological polar surface area (TPSA) is 78.3 Å². The van der Waals surface area contributed by atoms with Gasteiger partial charge in [-0.25, -0.2) is 0 Å². The largest absolute Gasteiger partial charge is 0.497 e. The van der Waals surface area contributed by atoms with Crippen LogP contribution >= 0.6 is 11.8 Å². The molecule has 0 aliphatic carbocycles. The van der Waals surface area contributed by atoms with Crippen molar-refractivity contribution in [3.05, 3.63) is 59.9 Å². The normalized spacial score (nSPS) is 12.3. The van der Waals surface area contributed by atoms with Gasteiger partial charge in [0.25, 0.3) is 0 Å². The van der Waals surface area contributed by atoms with Crippen molar-refractivity contribution in [2.24, 2.45) is 0 Å². The molecule has 0 bridgehead atoms. The van der Waals surface area contributed by atoms with Crippen molar-refractivity contribution in [1.82, 2.24) is 14.8 Å². The van der Waals surface area contributed by atoms with Gasteiger partial charge < -0.3 is 19.4 Å². The molecule has 0 aliphatic rings. The number of rotatable bonds is 9. The molecule has 0 saturated carbocycles. The van der Waals surface area contributed by atoms with Gasteiger partial charge in [0.05, 0.1) is 18.4 Å². The summed E-state index contributed by atoms with van der Waals surface area (Å²) in [6, 6.07) is 11.6. The zero-order valence-corrected chi connectivity index (χ0v) is 19.0. The summed E-state index contributed by atoms with van der Waals surface area (Å²) in [6.45, 7) is 4.31. The van der Waals surface area contributed by atoms with E-state index in [1.165, 1.54) is 12.1 Å². The Kier molecular flexibility index (Phi) is 7.85. The third-order valence-corrected chi connectivity index (χ3v) is 5.57. The third kappa shape index (κ3) is 6.41. The first-order chi connectivity index (χ1) is 15.7. The van der Waals surface area contributed by atoms with Gasteiger partial charge in [-0.15, -0.1) is 10.2 Å². The fourth-order valence-corrected chi connectivity index (χ4v) is 3.83. The molecule has 0 saturated heterocycles. The third-order valence-electron chi connectivity index (χ3n) is 4.60. The lowest BCUT2D eigenvalue weighted by Gasteiger charge is -2.16. The molecular formula is C22H23F3N4O3S. The number of ether oxygens (including phenoxy) is 2. The highest BCUT2D eigenvalue weighted by atomic mass is 32.2. The average Bonchev–Trinajstić information content (AvgIpc) is 3.21. The SMILES string of the molecule is CCn1c(SCC(=O)Nc2cccc(C(F)(F)F)c2)nnc1C(C)Oc1ccc(OC)cc1. The van der Waals surface area contributed by atoms with E-state index in [4.69, 9.17) is 9.47 Å². The van der Waals surface area contributed by atoms with Crippen LogP contribution in [0.5, 0.6) is 11.5 Å². The predicted molar refractivity (Wildman–Crippen MR) is 119 cm³/mol. The van der Waals surface area contributed by atoms with Crippen molar-refractivity contribution < 1.29 is 27.4 Å². The van der Waals surface area contributed by atoms with Crippen molar-refractivity contribution in [2.75, 3.05) is 18.2 Å². The van der Waals surface area contributed by atoms with Crippen LogP contribution in [0.1, 0.15) is 31.3 Å². The van der Waals surface area contributed by atoms with E-state index in [0.717, 1.165) is 23.9 Å². The van der Waals surface area contributed by atoms with Crippen LogP contribution in [0.15, 0.2) is 53.7 Å². The first-order valence-corrected chi connectivity index (χ1v) is 11.0. The molecular weight excluding hydrogens is 457 g/mol. The number of methoxy groups -OCH3 is 1. The number of benzene rings is 2. The Bertz CT molecular complexity index is 1090. The van der Waals surface area contributed by atoms with Gasteiger partial charge >= 0.3 is 6.18 Å². The number of thioether (sulfide) groups is 1. The van der Waals surface area contributed by atoms with Gasteiger partial charge in [0.15, 0.2) is 17.1 Å². The molecule has 176 valence electrons. The first-order valence-electron chi connectivity index (χ1n) is 10.0. The fraction of sp³-hybridized carbons (Fsp3) is 0.318. The van der Waals surface area contributed by atoms with Gasteiger partial charge in [-0.05, 0) is 56.3 Å². The predicted octanol–water partition coefficient (Wildman–Crippen LogP) is 5.20. The number of alkyl halides is 3. The molecule has 1 unspecified atom stereocenters. The summed E-state index contributed by atoms with van der Waals surface area (Å²) >= 11 is 1.14. The van der Waals surface area contributed by atoms with Gasteiger partial charge in [0, 0.05) is 12.2 Å². The minimum Gasteiger partial charge on any atom is -0.497 e. The molecule has 1 N–H and O–H groups in total. The van der Waals surface area contributed by atoms with Gasteiger partial charge in [0.2, 0.25) is 5.91 Å². The number of halogens is 3. The molecule has 7 nitrogen and oxygen atoms in total. The van der Waals surface area contributed by atoms with Crippen molar-refractivity contribution in [2.45, 2.75) is 37.8 Å². The van der Waals surface area contributed by atoms with Crippen molar-refractivity contribution >= 4 is 23.4 Å². The lowest BCUT2D eigenvalue weighted by Crippen LogP contribution is -2.16. The molecule has 1 aromatic heterocycles. The van der Waals surface area contributed by atoms with Crippen LogP contribution in [0.4, 0.5) is 18.9 Å². The minimum absolute atomic E-state index is 0.0396. The number of nitrogens with zero attached hydrogens (tertiary/aromatic N) is 3. The number of nitrogens with one attached hydrogen (secondary N) is 1. The highest BCUT2D eigenvalue weighted by Crippen LogP contribution is 2.31. The molecule has 3 rings (SSSR count). The molecule has 0 aliphatic heterocycles. The number of hydrogen-bond acceptors (Lipinski definition) is 6. The molecule has 2 aromatic carbocycles. The first kappa shape index (κ1) is 24.4. The minimum atomic E-state index is -4.48. The Morgan fingerprint density at radius 1 is 1.15 bits per heavy atom. The zero-order chi connectivity index (χ0) is 24.0. The Morgan fingerprint density at radius 2 is 1.85 bits per heavy atom. The number of carbonyl (C=O) groups excluding carboxylic acids is 1. The van der Waals surface area contributed by atoms with Crippen LogP contribution in [-0.2, 0) is 17.5 Å². The van der Waals surface area contributed by atoms with Crippen LogP contribution in [0.2, 0.25) is 0 Å². The smallest absolute Gasteiger partial charge is 0.416 e. The van der Waals surface area contributed by atoms with Crippen LogP contribution in [0.25, 0.3) is 0 Å². The van der Waals surface area contributed by atoms with E-state index >= 15 is 0 Å². The Labute approximate surface area is 193 Å². The van der Waals surface area contributed by atoms with Gasteiger partial charge in [-0.2, -0.15) is 13.2 Å². The highest BCUT2D eigenvalue weighted by Gasteiger charge is 2.30. The Hall–Kier alpha value is -3.21. The molecule has 11 heteroatoms. The molecule has 1 atom stereocenters. The average molecular weight is 481 g/mol. The molecule has 0 spiro atoms. The van der Waals surface area contributed by atoms with E-state index in [2.05, 4.69) is 15.5 Å². The van der Waals surface area contributed by atoms with Crippen molar-refractivity contribution in [3.63, 3.8) is 0 Å². The standard InChI is InChI=1S/C22H23F3N4O3S/c1-4-29-20(14(2)32-18-10-8-17(31-3)9-11-18)27-28-21(29)33-13-19(30)26-16-7-5-6-15(12-16)22(23,24)25/h5-12,14H,4,13H2,1-3H3,(H,26,30). The summed E-state index contributed by atoms with van der Waals surface area (Å²) in [4.78, 5) is 12.3. The van der Waals surface area contributed by atoms with Gasteiger partial charge in [-0.3, -0.25) is 4.79 Å². The summed E-state index contributed by atoms with van der Waals surface area (Å²) in [5, 5.41) is 11.3. The quantitative estimate of drug-likeness (QED) is 0.425. The second-order valence-electron chi connectivity index (χ2n) is 6.94. The van der Waals surface area contributed by atoms with Crippen LogP contribution < -0.4 is 14.8 Å². The van der Waals surface area contributed by atoms with E-state index in [9.17, 15) is 18.0 Å². The summed E-state index contributed by atoms with van der Waals surface area (Å²) < 4.78 is 51.4. The number of amides is 1. The highest BCUT2D eigenvalue weighted by molar-refractivity contribution is 7.99. The Balaban J connectivity index is 1.62. The number of hydrogen-bond donors (Lipinski definition) is 1. The molecule has 0 radical (unpaired) electrons. The monoisotopic (exact) mass is 480 g/mol. The second kappa shape index (κ2) is 10.6. The number of aromatic nitrogens is 3. The second-order valence-corrected chi connectivity index (χ2v) is 7.88. The molecule has 33 heavy (non-hydrogen) atoms. The van der Waals surface area contributed by atoms with E-state index in [0.29, 0.717) is 29.0 Å². The van der Waals surface area contributed by atoms with Crippen LogP contribution in [0, 0.1) is 0 Å². The van der Waals surface area contributed by atoms with E-state index < -0.39 is 23.8 Å². The Morgan fingerprint density at radius 3 is 2.48 bits per heavy atom. The maximum atomic E-state index is 12.8. The lowest BCUT2D eigenvalue weighted by atomic mass is 10.2. The van der Waals surface area contributed by atoms with Crippen molar-refractivity contribution in [1.29, 1.82) is 0 Å². The zero-order valence-electron chi connectivity index (χ0n) is 18.2. The van der Waals surface area contributed by atoms with Gasteiger partial charge in [-0.1, -0.05) is 17.8 Å². The van der Waals surface area contributed by atoms with E-state index in [-0.39, 0.29) is 11.4 Å². The maximum Gasteiger partial charge on any atom is 0.416 e. The van der Waals surface area contributed by atoms with E-state index in [1.807, 2.05) is 18.4 Å². The molecule has 0 fully saturated rings. The van der Waals surface area contributed by atoms with E-state index in [1.54, 1.807) is 31.4 Å². The molecule has 1 heterocycles. The number of anilines is 1. The van der Waals surface area contributed by atoms with Crippen molar-refractivity contribution in [3.8, 4) is 11.5 Å². The summed E-state index contributed by atoms with van der Waals surface area (Å²) in [5.74, 6) is 1.46. The summed E-state index contributed by atoms with van der Waals surface area (Å²) in [5.41, 5.74) is -0.747. The van der Waals surface area contributed by atoms with Crippen LogP contribution in [0.3, 0.4) is 0 Å². The number of carbonyl (C=O) groups is 1. The molecule has 3 aromatic rings. The molecule has 1 amide bonds. The maximum absolute atomic E-state index is 12.8. The summed E-state index contributed by atoms with van der Waals surface area (Å²) in [7, 11) is 1.58.